The number of rotatable bonds is 3. The molecule has 0 saturated carbocycles. The molecule has 0 aliphatic heterocycles. The van der Waals surface area contributed by atoms with Crippen molar-refractivity contribution in [2.24, 2.45) is 0 Å². The maximum Gasteiger partial charge on any atom is 0.150 e. The summed E-state index contributed by atoms with van der Waals surface area (Å²) in [5, 5.41) is 2.97. The number of nitrogens with one attached hydrogen (secondary N) is 1. The smallest absolute Gasteiger partial charge is 0.150 e. The van der Waals surface area contributed by atoms with Gasteiger partial charge < -0.3 is 5.32 Å². The first-order valence-electron chi connectivity index (χ1n) is 5.10. The molecule has 0 saturated heterocycles. The first-order chi connectivity index (χ1) is 8.47. The SMILES string of the molecule is Cc1sc(CNc2c(F)cc(F)cc2Br)cc1Br. The molecular weight excluding hydrogens is 388 g/mol. The zero-order chi connectivity index (χ0) is 13.3. The van der Waals surface area contributed by atoms with Crippen LogP contribution in [0.1, 0.15) is 9.75 Å². The molecule has 0 aliphatic carbocycles. The third kappa shape index (κ3) is 3.10. The molecule has 0 radical (unpaired) electrons. The zero-order valence-electron chi connectivity index (χ0n) is 9.36. The second kappa shape index (κ2) is 5.67. The van der Waals surface area contributed by atoms with Gasteiger partial charge in [-0.1, -0.05) is 0 Å². The Morgan fingerprint density at radius 2 is 1.89 bits per heavy atom. The van der Waals surface area contributed by atoms with Crippen LogP contribution < -0.4 is 5.32 Å². The summed E-state index contributed by atoms with van der Waals surface area (Å²) in [6.07, 6.45) is 0. The molecule has 0 atom stereocenters. The van der Waals surface area contributed by atoms with Crippen LogP contribution in [0.3, 0.4) is 0 Å². The third-order valence-electron chi connectivity index (χ3n) is 2.35. The van der Waals surface area contributed by atoms with E-state index in [1.165, 1.54) is 10.9 Å². The molecule has 0 fully saturated rings. The number of thiophene rings is 1. The maximum atomic E-state index is 13.6. The van der Waals surface area contributed by atoms with Gasteiger partial charge in [-0.15, -0.1) is 11.3 Å². The quantitative estimate of drug-likeness (QED) is 0.725. The van der Waals surface area contributed by atoms with Crippen molar-refractivity contribution in [1.29, 1.82) is 0 Å². The highest BCUT2D eigenvalue weighted by atomic mass is 79.9. The van der Waals surface area contributed by atoms with Gasteiger partial charge in [-0.05, 0) is 50.9 Å². The first kappa shape index (κ1) is 14.0. The van der Waals surface area contributed by atoms with Crippen LogP contribution in [-0.4, -0.2) is 0 Å². The lowest BCUT2D eigenvalue weighted by atomic mass is 10.3. The van der Waals surface area contributed by atoms with Gasteiger partial charge in [-0.3, -0.25) is 0 Å². The molecule has 0 spiro atoms. The van der Waals surface area contributed by atoms with Crippen molar-refractivity contribution < 1.29 is 8.78 Å². The molecule has 1 N–H and O–H groups in total. The Balaban J connectivity index is 2.15. The normalized spacial score (nSPS) is 10.7. The standard InChI is InChI=1S/C12H9Br2F2NS/c1-6-9(13)4-8(18-6)5-17-12-10(14)2-7(15)3-11(12)16/h2-4,17H,5H2,1H3. The van der Waals surface area contributed by atoms with E-state index in [4.69, 9.17) is 0 Å². The van der Waals surface area contributed by atoms with Crippen LogP contribution in [0.2, 0.25) is 0 Å². The Kier molecular flexibility index (Phi) is 4.40. The van der Waals surface area contributed by atoms with Crippen LogP contribution in [0, 0.1) is 18.6 Å². The minimum Gasteiger partial charge on any atom is -0.377 e. The largest absolute Gasteiger partial charge is 0.377 e. The van der Waals surface area contributed by atoms with Gasteiger partial charge in [0.15, 0.2) is 0 Å². The van der Waals surface area contributed by atoms with E-state index >= 15 is 0 Å². The van der Waals surface area contributed by atoms with Gasteiger partial charge in [-0.25, -0.2) is 8.78 Å². The van der Waals surface area contributed by atoms with Gasteiger partial charge in [0.2, 0.25) is 0 Å². The topological polar surface area (TPSA) is 12.0 Å². The Bertz CT molecular complexity index is 541. The van der Waals surface area contributed by atoms with Gasteiger partial charge in [0, 0.05) is 31.3 Å². The summed E-state index contributed by atoms with van der Waals surface area (Å²) in [4.78, 5) is 2.25. The second-order valence-corrected chi connectivity index (χ2v) is 6.76. The zero-order valence-corrected chi connectivity index (χ0v) is 13.3. The highest BCUT2D eigenvalue weighted by molar-refractivity contribution is 9.11. The number of aryl methyl sites for hydroxylation is 1. The molecule has 0 bridgehead atoms. The summed E-state index contributed by atoms with van der Waals surface area (Å²) >= 11 is 8.20. The minimum atomic E-state index is -0.603. The molecule has 0 unspecified atom stereocenters. The summed E-state index contributed by atoms with van der Waals surface area (Å²) in [6, 6.07) is 4.09. The summed E-state index contributed by atoms with van der Waals surface area (Å²) in [6.45, 7) is 2.50. The van der Waals surface area contributed by atoms with Crippen LogP contribution in [0.25, 0.3) is 0 Å². The Hall–Kier alpha value is -0.460. The van der Waals surface area contributed by atoms with Crippen molar-refractivity contribution in [3.63, 3.8) is 0 Å². The molecule has 1 aromatic heterocycles. The molecule has 1 nitrogen and oxygen atoms in total. The van der Waals surface area contributed by atoms with Crippen LogP contribution in [-0.2, 0) is 6.54 Å². The van der Waals surface area contributed by atoms with Gasteiger partial charge in [0.25, 0.3) is 0 Å². The predicted octanol–water partition coefficient (Wildman–Crippen LogP) is 5.47. The van der Waals surface area contributed by atoms with Gasteiger partial charge in [0.05, 0.1) is 5.69 Å². The fourth-order valence-electron chi connectivity index (χ4n) is 1.49. The molecule has 2 aromatic rings. The number of anilines is 1. The lowest BCUT2D eigenvalue weighted by molar-refractivity contribution is 0.583. The van der Waals surface area contributed by atoms with Crippen molar-refractivity contribution in [3.05, 3.63) is 48.5 Å². The van der Waals surface area contributed by atoms with Crippen molar-refractivity contribution in [2.45, 2.75) is 13.5 Å². The van der Waals surface area contributed by atoms with E-state index in [-0.39, 0.29) is 5.69 Å². The molecular formula is C12H9Br2F2NS. The van der Waals surface area contributed by atoms with E-state index in [9.17, 15) is 8.78 Å². The summed E-state index contributed by atoms with van der Waals surface area (Å²) < 4.78 is 27.9. The Morgan fingerprint density at radius 1 is 1.17 bits per heavy atom. The van der Waals surface area contributed by atoms with E-state index in [1.807, 2.05) is 13.0 Å². The summed E-state index contributed by atoms with van der Waals surface area (Å²) in [5.74, 6) is -1.20. The Labute approximate surface area is 124 Å². The van der Waals surface area contributed by atoms with E-state index in [0.29, 0.717) is 11.0 Å². The van der Waals surface area contributed by atoms with Crippen molar-refractivity contribution in [2.75, 3.05) is 5.32 Å². The number of hydrogen-bond donors (Lipinski definition) is 1. The van der Waals surface area contributed by atoms with E-state index < -0.39 is 11.6 Å². The highest BCUT2D eigenvalue weighted by Gasteiger charge is 2.10. The van der Waals surface area contributed by atoms with Gasteiger partial charge in [0.1, 0.15) is 11.6 Å². The van der Waals surface area contributed by atoms with Crippen molar-refractivity contribution in [1.82, 2.24) is 0 Å². The van der Waals surface area contributed by atoms with Crippen LogP contribution in [0.15, 0.2) is 27.1 Å². The average molecular weight is 397 g/mol. The lowest BCUT2D eigenvalue weighted by Crippen LogP contribution is -2.01. The van der Waals surface area contributed by atoms with Gasteiger partial charge >= 0.3 is 0 Å². The molecule has 1 heterocycles. The average Bonchev–Trinajstić information content (AvgIpc) is 2.56. The first-order valence-corrected chi connectivity index (χ1v) is 7.51. The van der Waals surface area contributed by atoms with Crippen molar-refractivity contribution in [3.8, 4) is 0 Å². The van der Waals surface area contributed by atoms with E-state index in [1.54, 1.807) is 11.3 Å². The van der Waals surface area contributed by atoms with Crippen LogP contribution >= 0.6 is 43.2 Å². The molecule has 96 valence electrons. The molecule has 2 rings (SSSR count). The summed E-state index contributed by atoms with van der Waals surface area (Å²) in [7, 11) is 0. The van der Waals surface area contributed by atoms with Crippen molar-refractivity contribution >= 4 is 48.9 Å². The fraction of sp³-hybridized carbons (Fsp3) is 0.167. The molecule has 0 amide bonds. The minimum absolute atomic E-state index is 0.276. The van der Waals surface area contributed by atoms with Gasteiger partial charge in [-0.2, -0.15) is 0 Å². The van der Waals surface area contributed by atoms with E-state index in [0.717, 1.165) is 15.4 Å². The molecule has 6 heteroatoms. The highest BCUT2D eigenvalue weighted by Crippen LogP contribution is 2.30. The monoisotopic (exact) mass is 395 g/mol. The molecule has 18 heavy (non-hydrogen) atoms. The lowest BCUT2D eigenvalue weighted by Gasteiger charge is -2.08. The fourth-order valence-corrected chi connectivity index (χ4v) is 3.58. The Morgan fingerprint density at radius 3 is 2.44 bits per heavy atom. The third-order valence-corrected chi connectivity index (χ3v) is 5.12. The number of halogens is 4. The summed E-state index contributed by atoms with van der Waals surface area (Å²) in [5.41, 5.74) is 0.276. The molecule has 1 aromatic carbocycles. The predicted molar refractivity (Wildman–Crippen MR) is 78.1 cm³/mol. The number of benzene rings is 1. The van der Waals surface area contributed by atoms with E-state index in [2.05, 4.69) is 37.2 Å². The van der Waals surface area contributed by atoms with Crippen LogP contribution in [0.5, 0.6) is 0 Å². The number of hydrogen-bond acceptors (Lipinski definition) is 2. The maximum absolute atomic E-state index is 13.6. The molecule has 0 aliphatic rings. The second-order valence-electron chi connectivity index (χ2n) is 3.71. The van der Waals surface area contributed by atoms with Crippen LogP contribution in [0.4, 0.5) is 14.5 Å².